The highest BCUT2D eigenvalue weighted by molar-refractivity contribution is 5.91. The maximum absolute atomic E-state index is 11.6. The van der Waals surface area contributed by atoms with E-state index >= 15 is 0 Å². The largest absolute Gasteiger partial charge is 0.478 e. The minimum atomic E-state index is -1.01. The third kappa shape index (κ3) is 3.81. The van der Waals surface area contributed by atoms with Crippen molar-refractivity contribution in [3.05, 3.63) is 59.5 Å². The van der Waals surface area contributed by atoms with E-state index in [-0.39, 0.29) is 11.7 Å². The number of benzene rings is 1. The van der Waals surface area contributed by atoms with Gasteiger partial charge in [0, 0.05) is 18.7 Å². The number of nitrogens with zero attached hydrogens (tertiary/aromatic N) is 1. The molecular formula is C14H12N2O4. The first-order chi connectivity index (χ1) is 9.65. The van der Waals surface area contributed by atoms with Crippen LogP contribution in [0.2, 0.25) is 0 Å². The number of hydrogen-bond donors (Lipinski definition) is 2. The third-order valence-corrected chi connectivity index (χ3v) is 2.48. The second-order valence-corrected chi connectivity index (χ2v) is 3.98. The van der Waals surface area contributed by atoms with E-state index in [1.807, 2.05) is 6.07 Å². The lowest BCUT2D eigenvalue weighted by molar-refractivity contribution is -0.131. The van der Waals surface area contributed by atoms with E-state index in [2.05, 4.69) is 10.5 Å². The van der Waals surface area contributed by atoms with Crippen molar-refractivity contribution >= 4 is 18.0 Å². The number of carbonyl (C=O) groups is 2. The molecule has 0 saturated heterocycles. The quantitative estimate of drug-likeness (QED) is 0.808. The number of carboxylic acids is 1. The van der Waals surface area contributed by atoms with Crippen molar-refractivity contribution in [2.45, 2.75) is 6.54 Å². The van der Waals surface area contributed by atoms with Crippen molar-refractivity contribution in [2.24, 2.45) is 0 Å². The molecule has 0 fully saturated rings. The van der Waals surface area contributed by atoms with Crippen LogP contribution in [0, 0.1) is 0 Å². The Bertz CT molecular complexity index is 632. The summed E-state index contributed by atoms with van der Waals surface area (Å²) >= 11 is 0. The topological polar surface area (TPSA) is 92.4 Å². The van der Waals surface area contributed by atoms with Gasteiger partial charge in [-0.3, -0.25) is 4.79 Å². The highest BCUT2D eigenvalue weighted by atomic mass is 16.5. The van der Waals surface area contributed by atoms with Gasteiger partial charge in [-0.1, -0.05) is 23.4 Å². The monoisotopic (exact) mass is 272 g/mol. The molecule has 1 aromatic carbocycles. The van der Waals surface area contributed by atoms with Gasteiger partial charge < -0.3 is 14.9 Å². The molecule has 2 N–H and O–H groups in total. The van der Waals surface area contributed by atoms with E-state index in [0.717, 1.165) is 17.2 Å². The molecule has 1 heterocycles. The van der Waals surface area contributed by atoms with Gasteiger partial charge in [0.2, 0.25) is 5.76 Å². The van der Waals surface area contributed by atoms with Crippen molar-refractivity contribution in [3.63, 3.8) is 0 Å². The van der Waals surface area contributed by atoms with Crippen LogP contribution >= 0.6 is 0 Å². The van der Waals surface area contributed by atoms with Crippen LogP contribution in [0.4, 0.5) is 0 Å². The molecule has 0 aliphatic heterocycles. The van der Waals surface area contributed by atoms with Gasteiger partial charge in [0.25, 0.3) is 5.91 Å². The van der Waals surface area contributed by atoms with Crippen LogP contribution in [0.1, 0.15) is 21.7 Å². The SMILES string of the molecule is O=C(O)C=Cc1cccc(CNC(=O)c2ccno2)c1. The summed E-state index contributed by atoms with van der Waals surface area (Å²) in [5.74, 6) is -1.21. The molecule has 1 amide bonds. The first-order valence-electron chi connectivity index (χ1n) is 5.84. The Kier molecular flexibility index (Phi) is 4.28. The Morgan fingerprint density at radius 3 is 2.90 bits per heavy atom. The molecule has 6 nitrogen and oxygen atoms in total. The zero-order valence-electron chi connectivity index (χ0n) is 10.4. The van der Waals surface area contributed by atoms with Gasteiger partial charge >= 0.3 is 5.97 Å². The summed E-state index contributed by atoms with van der Waals surface area (Å²) in [7, 11) is 0. The molecule has 2 rings (SSSR count). The summed E-state index contributed by atoms with van der Waals surface area (Å²) in [5, 5.41) is 14.7. The average Bonchev–Trinajstić information content (AvgIpc) is 2.97. The maximum atomic E-state index is 11.6. The Morgan fingerprint density at radius 1 is 1.35 bits per heavy atom. The second kappa shape index (κ2) is 6.33. The molecule has 0 atom stereocenters. The lowest BCUT2D eigenvalue weighted by Gasteiger charge is -2.04. The van der Waals surface area contributed by atoms with Gasteiger partial charge in [0.1, 0.15) is 0 Å². The molecule has 2 aromatic rings. The van der Waals surface area contributed by atoms with E-state index in [1.54, 1.807) is 18.2 Å². The first kappa shape index (κ1) is 13.5. The molecule has 102 valence electrons. The summed E-state index contributed by atoms with van der Waals surface area (Å²) in [4.78, 5) is 22.1. The van der Waals surface area contributed by atoms with Crippen LogP contribution in [-0.2, 0) is 11.3 Å². The summed E-state index contributed by atoms with van der Waals surface area (Å²) in [6.07, 6.45) is 3.95. The molecule has 20 heavy (non-hydrogen) atoms. The van der Waals surface area contributed by atoms with Crippen LogP contribution in [0.15, 0.2) is 47.1 Å². The summed E-state index contributed by atoms with van der Waals surface area (Å²) in [6, 6.07) is 8.67. The van der Waals surface area contributed by atoms with Gasteiger partial charge in [-0.2, -0.15) is 0 Å². The van der Waals surface area contributed by atoms with E-state index in [0.29, 0.717) is 6.54 Å². The van der Waals surface area contributed by atoms with E-state index in [1.165, 1.54) is 18.3 Å². The van der Waals surface area contributed by atoms with Crippen LogP contribution in [-0.4, -0.2) is 22.1 Å². The normalized spacial score (nSPS) is 10.6. The number of carbonyl (C=O) groups excluding carboxylic acids is 1. The van der Waals surface area contributed by atoms with E-state index in [4.69, 9.17) is 9.63 Å². The van der Waals surface area contributed by atoms with Gasteiger partial charge in [-0.15, -0.1) is 0 Å². The first-order valence-corrected chi connectivity index (χ1v) is 5.84. The zero-order valence-corrected chi connectivity index (χ0v) is 10.4. The zero-order chi connectivity index (χ0) is 14.4. The minimum Gasteiger partial charge on any atom is -0.478 e. The third-order valence-electron chi connectivity index (χ3n) is 2.48. The fraction of sp³-hybridized carbons (Fsp3) is 0.0714. The maximum Gasteiger partial charge on any atom is 0.328 e. The fourth-order valence-corrected chi connectivity index (χ4v) is 1.58. The van der Waals surface area contributed by atoms with Gasteiger partial charge in [0.05, 0.1) is 6.20 Å². The second-order valence-electron chi connectivity index (χ2n) is 3.98. The number of aromatic nitrogens is 1. The number of amides is 1. The Balaban J connectivity index is 1.98. The molecule has 0 unspecified atom stereocenters. The predicted octanol–water partition coefficient (Wildman–Crippen LogP) is 1.70. The van der Waals surface area contributed by atoms with Crippen LogP contribution in [0.5, 0.6) is 0 Å². The molecule has 0 aliphatic carbocycles. The number of rotatable bonds is 5. The van der Waals surface area contributed by atoms with Gasteiger partial charge in [-0.05, 0) is 23.3 Å². The Labute approximate surface area is 114 Å². The molecule has 0 saturated carbocycles. The van der Waals surface area contributed by atoms with Gasteiger partial charge in [0.15, 0.2) is 0 Å². The average molecular weight is 272 g/mol. The standard InChI is InChI=1S/C14H12N2O4/c17-13(18)5-4-10-2-1-3-11(8-10)9-15-14(19)12-6-7-16-20-12/h1-8H,9H2,(H,15,19)(H,17,18). The summed E-state index contributed by atoms with van der Waals surface area (Å²) in [6.45, 7) is 0.314. The highest BCUT2D eigenvalue weighted by Gasteiger charge is 2.08. The molecule has 0 radical (unpaired) electrons. The fourth-order valence-electron chi connectivity index (χ4n) is 1.58. The van der Waals surface area contributed by atoms with Crippen molar-refractivity contribution < 1.29 is 19.2 Å². The molecule has 6 heteroatoms. The molecule has 0 bridgehead atoms. The molecule has 1 aromatic heterocycles. The summed E-state index contributed by atoms with van der Waals surface area (Å²) < 4.78 is 4.73. The van der Waals surface area contributed by atoms with Crippen molar-refractivity contribution in [1.29, 1.82) is 0 Å². The van der Waals surface area contributed by atoms with Crippen molar-refractivity contribution in [2.75, 3.05) is 0 Å². The van der Waals surface area contributed by atoms with Crippen molar-refractivity contribution in [1.82, 2.24) is 10.5 Å². The smallest absolute Gasteiger partial charge is 0.328 e. The number of nitrogens with one attached hydrogen (secondary N) is 1. The Morgan fingerprint density at radius 2 is 2.20 bits per heavy atom. The molecular weight excluding hydrogens is 260 g/mol. The minimum absolute atomic E-state index is 0.145. The molecule has 0 aliphatic rings. The number of aliphatic carboxylic acids is 1. The van der Waals surface area contributed by atoms with Crippen LogP contribution in [0.25, 0.3) is 6.08 Å². The van der Waals surface area contributed by atoms with Crippen LogP contribution in [0.3, 0.4) is 0 Å². The summed E-state index contributed by atoms with van der Waals surface area (Å²) in [5.41, 5.74) is 1.60. The van der Waals surface area contributed by atoms with Gasteiger partial charge in [-0.25, -0.2) is 4.79 Å². The predicted molar refractivity (Wildman–Crippen MR) is 70.8 cm³/mol. The Hall–Kier alpha value is -2.89. The molecule has 0 spiro atoms. The van der Waals surface area contributed by atoms with Crippen LogP contribution < -0.4 is 5.32 Å². The number of carboxylic acid groups (broad SMARTS) is 1. The van der Waals surface area contributed by atoms with E-state index < -0.39 is 5.97 Å². The lowest BCUT2D eigenvalue weighted by atomic mass is 10.1. The lowest BCUT2D eigenvalue weighted by Crippen LogP contribution is -2.22. The number of hydrogen-bond acceptors (Lipinski definition) is 4. The van der Waals surface area contributed by atoms with Crippen molar-refractivity contribution in [3.8, 4) is 0 Å². The van der Waals surface area contributed by atoms with E-state index in [9.17, 15) is 9.59 Å². The highest BCUT2D eigenvalue weighted by Crippen LogP contribution is 2.07.